The fraction of sp³-hybridized carbons (Fsp3) is 0.429. The Bertz CT molecular complexity index is 804. The van der Waals surface area contributed by atoms with Gasteiger partial charge >= 0.3 is 0 Å². The highest BCUT2D eigenvalue weighted by Gasteiger charge is 2.25. The van der Waals surface area contributed by atoms with Crippen molar-refractivity contribution in [3.8, 4) is 0 Å². The monoisotopic (exact) mass is 366 g/mol. The first-order valence-electron chi connectivity index (χ1n) is 9.64. The molecular weight excluding hydrogens is 340 g/mol. The van der Waals surface area contributed by atoms with Crippen molar-refractivity contribution in [1.82, 2.24) is 10.3 Å². The summed E-state index contributed by atoms with van der Waals surface area (Å²) < 4.78 is 5.41. The third-order valence-electron chi connectivity index (χ3n) is 5.33. The van der Waals surface area contributed by atoms with Crippen LogP contribution in [-0.4, -0.2) is 56.3 Å². The smallest absolute Gasteiger partial charge is 0.255 e. The van der Waals surface area contributed by atoms with E-state index in [1.165, 1.54) is 11.3 Å². The number of pyridine rings is 1. The molecule has 3 heterocycles. The van der Waals surface area contributed by atoms with Crippen molar-refractivity contribution < 1.29 is 9.53 Å². The normalized spacial score (nSPS) is 19.1. The number of morpholine rings is 1. The van der Waals surface area contributed by atoms with E-state index in [0.717, 1.165) is 31.9 Å². The minimum absolute atomic E-state index is 0.0651. The molecule has 0 bridgehead atoms. The van der Waals surface area contributed by atoms with E-state index in [2.05, 4.69) is 51.3 Å². The number of anilines is 2. The number of benzene rings is 1. The zero-order chi connectivity index (χ0) is 18.6. The SMILES string of the molecule is C[C@H]1Cc2ccccc2N1CCNC(=O)c1cccnc1N1CCOCC1. The van der Waals surface area contributed by atoms with Crippen molar-refractivity contribution >= 4 is 17.4 Å². The number of amides is 1. The molecule has 0 radical (unpaired) electrons. The molecule has 2 aliphatic heterocycles. The molecule has 1 aromatic carbocycles. The molecule has 1 N–H and O–H groups in total. The summed E-state index contributed by atoms with van der Waals surface area (Å²) in [5.41, 5.74) is 3.31. The van der Waals surface area contributed by atoms with Gasteiger partial charge in [0.15, 0.2) is 0 Å². The van der Waals surface area contributed by atoms with Crippen LogP contribution in [0.1, 0.15) is 22.8 Å². The summed E-state index contributed by atoms with van der Waals surface area (Å²) in [5, 5.41) is 3.08. The number of carbonyl (C=O) groups excluding carboxylic acids is 1. The van der Waals surface area contributed by atoms with Gasteiger partial charge in [0.25, 0.3) is 5.91 Å². The van der Waals surface area contributed by atoms with Crippen LogP contribution in [0.3, 0.4) is 0 Å². The number of para-hydroxylation sites is 1. The molecule has 1 aromatic heterocycles. The van der Waals surface area contributed by atoms with Gasteiger partial charge in [0, 0.05) is 44.1 Å². The molecule has 2 aliphatic rings. The Morgan fingerprint density at radius 2 is 2.04 bits per heavy atom. The third-order valence-corrected chi connectivity index (χ3v) is 5.33. The molecule has 1 fully saturated rings. The third kappa shape index (κ3) is 3.76. The Hall–Kier alpha value is -2.60. The average molecular weight is 366 g/mol. The largest absolute Gasteiger partial charge is 0.378 e. The number of nitrogens with one attached hydrogen (secondary N) is 1. The molecule has 6 nitrogen and oxygen atoms in total. The van der Waals surface area contributed by atoms with Crippen molar-refractivity contribution in [3.05, 3.63) is 53.7 Å². The number of hydrogen-bond donors (Lipinski definition) is 1. The minimum Gasteiger partial charge on any atom is -0.378 e. The average Bonchev–Trinajstić information content (AvgIpc) is 3.04. The number of fused-ring (bicyclic) bond motifs is 1. The Labute approximate surface area is 160 Å². The zero-order valence-electron chi connectivity index (χ0n) is 15.7. The minimum atomic E-state index is -0.0651. The van der Waals surface area contributed by atoms with Gasteiger partial charge in [-0.05, 0) is 37.1 Å². The molecule has 0 spiro atoms. The van der Waals surface area contributed by atoms with Crippen LogP contribution in [0.4, 0.5) is 11.5 Å². The Kier molecular flexibility index (Phi) is 5.25. The summed E-state index contributed by atoms with van der Waals surface area (Å²) in [7, 11) is 0. The van der Waals surface area contributed by atoms with E-state index in [4.69, 9.17) is 4.74 Å². The molecule has 1 amide bonds. The molecule has 0 aliphatic carbocycles. The van der Waals surface area contributed by atoms with Gasteiger partial charge in [0.05, 0.1) is 18.8 Å². The lowest BCUT2D eigenvalue weighted by molar-refractivity contribution is 0.0952. The standard InChI is InChI=1S/C21H26N4O2/c1-16-15-17-5-2-3-7-19(17)25(16)10-9-23-21(26)18-6-4-8-22-20(18)24-11-13-27-14-12-24/h2-8,16H,9-15H2,1H3,(H,23,26)/t16-/m0/s1. The van der Waals surface area contributed by atoms with E-state index in [9.17, 15) is 4.79 Å². The zero-order valence-corrected chi connectivity index (χ0v) is 15.7. The van der Waals surface area contributed by atoms with E-state index in [1.807, 2.05) is 12.1 Å². The van der Waals surface area contributed by atoms with Gasteiger partial charge in [-0.15, -0.1) is 0 Å². The quantitative estimate of drug-likeness (QED) is 0.878. The fourth-order valence-corrected chi connectivity index (χ4v) is 3.96. The second-order valence-corrected chi connectivity index (χ2v) is 7.11. The highest BCUT2D eigenvalue weighted by Crippen LogP contribution is 2.31. The molecule has 6 heteroatoms. The molecule has 0 unspecified atom stereocenters. The van der Waals surface area contributed by atoms with Gasteiger partial charge in [-0.2, -0.15) is 0 Å². The van der Waals surface area contributed by atoms with E-state index in [-0.39, 0.29) is 5.91 Å². The van der Waals surface area contributed by atoms with Crippen LogP contribution in [0.5, 0.6) is 0 Å². The molecule has 27 heavy (non-hydrogen) atoms. The van der Waals surface area contributed by atoms with Crippen molar-refractivity contribution in [2.75, 3.05) is 49.2 Å². The highest BCUT2D eigenvalue weighted by atomic mass is 16.5. The summed E-state index contributed by atoms with van der Waals surface area (Å²) in [6.07, 6.45) is 2.80. The lowest BCUT2D eigenvalue weighted by Crippen LogP contribution is -2.40. The Morgan fingerprint density at radius 1 is 1.22 bits per heavy atom. The van der Waals surface area contributed by atoms with E-state index >= 15 is 0 Å². The van der Waals surface area contributed by atoms with Crippen LogP contribution in [0, 0.1) is 0 Å². The first kappa shape index (κ1) is 17.8. The first-order valence-corrected chi connectivity index (χ1v) is 9.64. The number of nitrogens with zero attached hydrogens (tertiary/aromatic N) is 3. The number of carbonyl (C=O) groups is 1. The number of rotatable bonds is 5. The van der Waals surface area contributed by atoms with E-state index < -0.39 is 0 Å². The molecule has 4 rings (SSSR count). The molecule has 1 atom stereocenters. The Balaban J connectivity index is 1.39. The van der Waals surface area contributed by atoms with Gasteiger partial charge in [0.2, 0.25) is 0 Å². The van der Waals surface area contributed by atoms with Gasteiger partial charge in [-0.3, -0.25) is 4.79 Å². The first-order chi connectivity index (χ1) is 13.2. The topological polar surface area (TPSA) is 57.7 Å². The van der Waals surface area contributed by atoms with Gasteiger partial charge < -0.3 is 19.9 Å². The lowest BCUT2D eigenvalue weighted by Gasteiger charge is -2.29. The van der Waals surface area contributed by atoms with Crippen molar-refractivity contribution in [2.24, 2.45) is 0 Å². The summed E-state index contributed by atoms with van der Waals surface area (Å²) >= 11 is 0. The Morgan fingerprint density at radius 3 is 2.89 bits per heavy atom. The van der Waals surface area contributed by atoms with Crippen LogP contribution >= 0.6 is 0 Å². The molecular formula is C21H26N4O2. The van der Waals surface area contributed by atoms with Crippen molar-refractivity contribution in [1.29, 1.82) is 0 Å². The summed E-state index contributed by atoms with van der Waals surface area (Å²) in [5.74, 6) is 0.683. The second kappa shape index (κ2) is 7.96. The summed E-state index contributed by atoms with van der Waals surface area (Å²) in [6, 6.07) is 12.6. The second-order valence-electron chi connectivity index (χ2n) is 7.11. The molecule has 142 valence electrons. The molecule has 0 saturated carbocycles. The van der Waals surface area contributed by atoms with E-state index in [1.54, 1.807) is 6.20 Å². The van der Waals surface area contributed by atoms with Crippen molar-refractivity contribution in [2.45, 2.75) is 19.4 Å². The maximum atomic E-state index is 12.8. The summed E-state index contributed by atoms with van der Waals surface area (Å²) in [6.45, 7) is 6.51. The van der Waals surface area contributed by atoms with Crippen LogP contribution in [-0.2, 0) is 11.2 Å². The number of aromatic nitrogens is 1. The number of ether oxygens (including phenoxy) is 1. The highest BCUT2D eigenvalue weighted by molar-refractivity contribution is 5.98. The van der Waals surface area contributed by atoms with E-state index in [0.29, 0.717) is 31.4 Å². The summed E-state index contributed by atoms with van der Waals surface area (Å²) in [4.78, 5) is 21.7. The van der Waals surface area contributed by atoms with Crippen LogP contribution < -0.4 is 15.1 Å². The van der Waals surface area contributed by atoms with Crippen LogP contribution in [0.15, 0.2) is 42.6 Å². The molecule has 2 aromatic rings. The predicted octanol–water partition coefficient (Wildman–Crippen LogP) is 2.10. The van der Waals surface area contributed by atoms with Crippen molar-refractivity contribution in [3.63, 3.8) is 0 Å². The van der Waals surface area contributed by atoms with Gasteiger partial charge in [0.1, 0.15) is 5.82 Å². The van der Waals surface area contributed by atoms with Crippen LogP contribution in [0.25, 0.3) is 0 Å². The number of hydrogen-bond acceptors (Lipinski definition) is 5. The lowest BCUT2D eigenvalue weighted by atomic mass is 10.1. The fourth-order valence-electron chi connectivity index (χ4n) is 3.96. The maximum absolute atomic E-state index is 12.8. The maximum Gasteiger partial charge on any atom is 0.255 e. The van der Waals surface area contributed by atoms with Crippen LogP contribution in [0.2, 0.25) is 0 Å². The van der Waals surface area contributed by atoms with Gasteiger partial charge in [-0.25, -0.2) is 4.98 Å². The van der Waals surface area contributed by atoms with Gasteiger partial charge in [-0.1, -0.05) is 18.2 Å². The predicted molar refractivity (Wildman–Crippen MR) is 107 cm³/mol. The molecule has 1 saturated heterocycles.